The van der Waals surface area contributed by atoms with Gasteiger partial charge in [0.2, 0.25) is 5.91 Å². The predicted molar refractivity (Wildman–Crippen MR) is 73.4 cm³/mol. The minimum Gasteiger partial charge on any atom is -0.289 e. The average molecular weight is 365 g/mol. The van der Waals surface area contributed by atoms with Crippen molar-refractivity contribution in [1.82, 2.24) is 11.0 Å². The van der Waals surface area contributed by atoms with E-state index in [0.717, 1.165) is 4.47 Å². The monoisotopic (exact) mass is 364 g/mol. The van der Waals surface area contributed by atoms with E-state index in [-0.39, 0.29) is 12.8 Å². The second-order valence-electron chi connectivity index (χ2n) is 3.79. The van der Waals surface area contributed by atoms with Crippen LogP contribution in [0.4, 0.5) is 0 Å². The van der Waals surface area contributed by atoms with Crippen LogP contribution in [0.1, 0.15) is 12.8 Å². The van der Waals surface area contributed by atoms with Crippen LogP contribution in [0.15, 0.2) is 33.6 Å². The SMILES string of the molecule is O=C(CCC(C(=O)NO)S(=O)c1ccc(Br)cc1)NO. The molecule has 0 aliphatic carbocycles. The minimum absolute atomic E-state index is 0.0819. The highest BCUT2D eigenvalue weighted by atomic mass is 79.9. The van der Waals surface area contributed by atoms with E-state index in [1.54, 1.807) is 24.3 Å². The average Bonchev–Trinajstić information content (AvgIpc) is 2.47. The lowest BCUT2D eigenvalue weighted by atomic mass is 10.2. The molecule has 1 aromatic carbocycles. The van der Waals surface area contributed by atoms with Gasteiger partial charge < -0.3 is 0 Å². The minimum atomic E-state index is -1.73. The number of halogens is 1. The maximum absolute atomic E-state index is 12.3. The Balaban J connectivity index is 2.87. The summed E-state index contributed by atoms with van der Waals surface area (Å²) in [4.78, 5) is 22.9. The van der Waals surface area contributed by atoms with E-state index in [2.05, 4.69) is 15.9 Å². The summed E-state index contributed by atoms with van der Waals surface area (Å²) in [6, 6.07) is 6.48. The van der Waals surface area contributed by atoms with Crippen LogP contribution in [-0.2, 0) is 20.4 Å². The van der Waals surface area contributed by atoms with E-state index in [1.807, 2.05) is 0 Å². The van der Waals surface area contributed by atoms with Gasteiger partial charge in [-0.05, 0) is 30.7 Å². The number of carbonyl (C=O) groups excluding carboxylic acids is 2. The van der Waals surface area contributed by atoms with Crippen LogP contribution in [0.3, 0.4) is 0 Å². The molecule has 0 saturated carbocycles. The molecule has 2 atom stereocenters. The molecule has 9 heteroatoms. The van der Waals surface area contributed by atoms with E-state index in [0.29, 0.717) is 4.90 Å². The van der Waals surface area contributed by atoms with E-state index >= 15 is 0 Å². The van der Waals surface area contributed by atoms with Gasteiger partial charge in [-0.3, -0.25) is 24.2 Å². The number of hydrogen-bond acceptors (Lipinski definition) is 5. The van der Waals surface area contributed by atoms with Gasteiger partial charge in [-0.25, -0.2) is 11.0 Å². The van der Waals surface area contributed by atoms with Crippen LogP contribution in [0, 0.1) is 0 Å². The van der Waals surface area contributed by atoms with Gasteiger partial charge in [0.15, 0.2) is 0 Å². The molecule has 7 nitrogen and oxygen atoms in total. The van der Waals surface area contributed by atoms with Gasteiger partial charge in [0.05, 0.1) is 10.8 Å². The van der Waals surface area contributed by atoms with Crippen molar-refractivity contribution in [3.63, 3.8) is 0 Å². The van der Waals surface area contributed by atoms with E-state index in [1.165, 1.54) is 11.0 Å². The van der Waals surface area contributed by atoms with Crippen LogP contribution in [0.2, 0.25) is 0 Å². The van der Waals surface area contributed by atoms with Crippen molar-refractivity contribution in [2.24, 2.45) is 0 Å². The first kappa shape index (κ1) is 16.8. The Morgan fingerprint density at radius 1 is 1.20 bits per heavy atom. The van der Waals surface area contributed by atoms with Gasteiger partial charge in [0.25, 0.3) is 5.91 Å². The molecule has 0 bridgehead atoms. The zero-order valence-electron chi connectivity index (χ0n) is 10.2. The molecule has 0 radical (unpaired) electrons. The number of hydrogen-bond donors (Lipinski definition) is 4. The summed E-state index contributed by atoms with van der Waals surface area (Å²) in [7, 11) is -1.73. The molecule has 110 valence electrons. The quantitative estimate of drug-likeness (QED) is 0.438. The van der Waals surface area contributed by atoms with Gasteiger partial charge in [-0.2, -0.15) is 0 Å². The maximum Gasteiger partial charge on any atom is 0.259 e. The first-order chi connectivity index (χ1) is 9.49. The van der Waals surface area contributed by atoms with E-state index in [4.69, 9.17) is 10.4 Å². The summed E-state index contributed by atoms with van der Waals surface area (Å²) in [6.45, 7) is 0. The highest BCUT2D eigenvalue weighted by Gasteiger charge is 2.26. The molecular weight excluding hydrogens is 352 g/mol. The fourth-order valence-corrected chi connectivity index (χ4v) is 3.03. The summed E-state index contributed by atoms with van der Waals surface area (Å²) >= 11 is 3.23. The van der Waals surface area contributed by atoms with Gasteiger partial charge in [-0.15, -0.1) is 0 Å². The number of carbonyl (C=O) groups is 2. The standard InChI is InChI=1S/C11H13BrN2O5S/c12-7-1-3-8(4-2-7)20(19)9(11(16)14-18)5-6-10(15)13-17/h1-4,9,17-18H,5-6H2,(H,13,15)(H,14,16). The Morgan fingerprint density at radius 2 is 1.80 bits per heavy atom. The Bertz CT molecular complexity index is 508. The zero-order valence-corrected chi connectivity index (χ0v) is 12.6. The van der Waals surface area contributed by atoms with Crippen molar-refractivity contribution in [2.75, 3.05) is 0 Å². The molecule has 2 unspecified atom stereocenters. The molecule has 20 heavy (non-hydrogen) atoms. The summed E-state index contributed by atoms with van der Waals surface area (Å²) < 4.78 is 13.1. The van der Waals surface area contributed by atoms with Crippen molar-refractivity contribution in [1.29, 1.82) is 0 Å². The molecule has 0 aromatic heterocycles. The summed E-state index contributed by atoms with van der Waals surface area (Å²) in [5.41, 5.74) is 2.86. The highest BCUT2D eigenvalue weighted by Crippen LogP contribution is 2.18. The van der Waals surface area contributed by atoms with Crippen molar-refractivity contribution >= 4 is 38.5 Å². The van der Waals surface area contributed by atoms with Crippen molar-refractivity contribution in [3.8, 4) is 0 Å². The molecule has 0 fully saturated rings. The zero-order chi connectivity index (χ0) is 15.1. The van der Waals surface area contributed by atoms with Crippen LogP contribution >= 0.6 is 15.9 Å². The fourth-order valence-electron chi connectivity index (χ4n) is 1.46. The molecule has 0 heterocycles. The number of amides is 2. The van der Waals surface area contributed by atoms with Crippen molar-refractivity contribution in [3.05, 3.63) is 28.7 Å². The number of hydroxylamine groups is 2. The summed E-state index contributed by atoms with van der Waals surface area (Å²) in [5.74, 6) is -1.55. The molecule has 2 amide bonds. The summed E-state index contributed by atoms with van der Waals surface area (Å²) in [5, 5.41) is 16.0. The molecule has 0 aliphatic heterocycles. The Labute approximate surface area is 125 Å². The van der Waals surface area contributed by atoms with E-state index < -0.39 is 27.9 Å². The third-order valence-corrected chi connectivity index (χ3v) is 4.70. The largest absolute Gasteiger partial charge is 0.289 e. The lowest BCUT2D eigenvalue weighted by molar-refractivity contribution is -0.130. The van der Waals surface area contributed by atoms with Gasteiger partial charge >= 0.3 is 0 Å². The van der Waals surface area contributed by atoms with Crippen LogP contribution < -0.4 is 11.0 Å². The fraction of sp³-hybridized carbons (Fsp3) is 0.273. The van der Waals surface area contributed by atoms with Crippen LogP contribution in [-0.4, -0.2) is 31.7 Å². The highest BCUT2D eigenvalue weighted by molar-refractivity contribution is 9.10. The van der Waals surface area contributed by atoms with Crippen molar-refractivity contribution in [2.45, 2.75) is 23.0 Å². The number of rotatable bonds is 6. The van der Waals surface area contributed by atoms with Gasteiger partial charge in [0, 0.05) is 15.8 Å². The normalized spacial score (nSPS) is 13.3. The molecule has 4 N–H and O–H groups in total. The smallest absolute Gasteiger partial charge is 0.259 e. The molecule has 0 spiro atoms. The number of nitrogens with one attached hydrogen (secondary N) is 2. The molecule has 1 aromatic rings. The second kappa shape index (κ2) is 8.10. The van der Waals surface area contributed by atoms with Crippen molar-refractivity contribution < 1.29 is 24.2 Å². The maximum atomic E-state index is 12.3. The molecular formula is C11H13BrN2O5S. The topological polar surface area (TPSA) is 116 Å². The Morgan fingerprint density at radius 3 is 2.30 bits per heavy atom. The molecule has 0 aliphatic rings. The van der Waals surface area contributed by atoms with Gasteiger partial charge in [0.1, 0.15) is 5.25 Å². The van der Waals surface area contributed by atoms with Gasteiger partial charge in [-0.1, -0.05) is 15.9 Å². The third-order valence-electron chi connectivity index (χ3n) is 2.47. The first-order valence-corrected chi connectivity index (χ1v) is 7.53. The number of benzene rings is 1. The summed E-state index contributed by atoms with van der Waals surface area (Å²) in [6.07, 6.45) is -0.279. The second-order valence-corrected chi connectivity index (χ2v) is 6.34. The lowest BCUT2D eigenvalue weighted by Crippen LogP contribution is -2.36. The molecule has 0 saturated heterocycles. The predicted octanol–water partition coefficient (Wildman–Crippen LogP) is 0.716. The lowest BCUT2D eigenvalue weighted by Gasteiger charge is -2.14. The van der Waals surface area contributed by atoms with E-state index in [9.17, 15) is 13.8 Å². The Kier molecular flexibility index (Phi) is 6.79. The van der Waals surface area contributed by atoms with Crippen LogP contribution in [0.5, 0.6) is 0 Å². The third kappa shape index (κ3) is 4.67. The Hall–Kier alpha value is -1.29. The molecule has 1 rings (SSSR count). The first-order valence-electron chi connectivity index (χ1n) is 5.52. The van der Waals surface area contributed by atoms with Crippen LogP contribution in [0.25, 0.3) is 0 Å².